The molecule has 1 aromatic heterocycles. The zero-order chi connectivity index (χ0) is 13.9. The van der Waals surface area contributed by atoms with E-state index in [1.807, 2.05) is 13.8 Å². The molecule has 18 heavy (non-hydrogen) atoms. The van der Waals surface area contributed by atoms with Crippen LogP contribution in [-0.4, -0.2) is 23.0 Å². The lowest BCUT2D eigenvalue weighted by atomic mass is 10.1. The normalized spacial score (nSPS) is 12.9. The zero-order valence-electron chi connectivity index (χ0n) is 11.5. The van der Waals surface area contributed by atoms with Gasteiger partial charge in [0, 0.05) is 17.5 Å². The van der Waals surface area contributed by atoms with E-state index in [1.54, 1.807) is 27.0 Å². The monoisotopic (exact) mass is 252 g/mol. The first-order chi connectivity index (χ1) is 8.24. The predicted molar refractivity (Wildman–Crippen MR) is 68.4 cm³/mol. The van der Waals surface area contributed by atoms with E-state index in [0.717, 1.165) is 16.8 Å². The number of carbonyl (C=O) groups excluding carboxylic acids is 2. The summed E-state index contributed by atoms with van der Waals surface area (Å²) in [6, 6.07) is -0.689. The maximum atomic E-state index is 11.6. The van der Waals surface area contributed by atoms with Crippen molar-refractivity contribution >= 4 is 12.4 Å². The number of aryl methyl sites for hydroxylation is 2. The minimum atomic E-state index is -0.689. The third-order valence-electron chi connectivity index (χ3n) is 2.45. The molecule has 100 valence electrons. The molecule has 0 aliphatic heterocycles. The number of rotatable bonds is 3. The Morgan fingerprint density at radius 1 is 1.44 bits per heavy atom. The van der Waals surface area contributed by atoms with Crippen molar-refractivity contribution in [2.24, 2.45) is 0 Å². The highest BCUT2D eigenvalue weighted by atomic mass is 16.6. The van der Waals surface area contributed by atoms with Gasteiger partial charge in [0.05, 0.1) is 0 Å². The van der Waals surface area contributed by atoms with Crippen LogP contribution < -0.4 is 5.32 Å². The second kappa shape index (κ2) is 5.25. The second-order valence-electron chi connectivity index (χ2n) is 5.27. The summed E-state index contributed by atoms with van der Waals surface area (Å²) in [7, 11) is 0. The van der Waals surface area contributed by atoms with Crippen LogP contribution >= 0.6 is 0 Å². The summed E-state index contributed by atoms with van der Waals surface area (Å²) in [6.07, 6.45) is 1.91. The molecule has 0 aliphatic carbocycles. The lowest BCUT2D eigenvalue weighted by Crippen LogP contribution is -2.35. The van der Waals surface area contributed by atoms with Crippen LogP contribution in [0.15, 0.2) is 6.20 Å². The topological polar surface area (TPSA) is 71.2 Å². The number of nitrogens with one attached hydrogen (secondary N) is 2. The number of carbonyl (C=O) groups is 2. The fraction of sp³-hybridized carbons (Fsp3) is 0.538. The van der Waals surface area contributed by atoms with Gasteiger partial charge in [-0.25, -0.2) is 4.79 Å². The van der Waals surface area contributed by atoms with E-state index in [1.165, 1.54) is 0 Å². The molecule has 5 heteroatoms. The first kappa shape index (κ1) is 14.3. The Kier molecular flexibility index (Phi) is 4.16. The summed E-state index contributed by atoms with van der Waals surface area (Å²) in [5, 5.41) is 2.56. The Morgan fingerprint density at radius 3 is 2.44 bits per heavy atom. The van der Waals surface area contributed by atoms with E-state index in [0.29, 0.717) is 6.29 Å². The van der Waals surface area contributed by atoms with Crippen LogP contribution in [0.3, 0.4) is 0 Å². The quantitative estimate of drug-likeness (QED) is 0.811. The van der Waals surface area contributed by atoms with Gasteiger partial charge in [0.2, 0.25) is 0 Å². The molecule has 1 amide bonds. The van der Waals surface area contributed by atoms with Gasteiger partial charge in [0.1, 0.15) is 17.9 Å². The Morgan fingerprint density at radius 2 is 2.06 bits per heavy atom. The van der Waals surface area contributed by atoms with Gasteiger partial charge in [-0.05, 0) is 40.2 Å². The number of alkyl carbamates (subject to hydrolysis) is 1. The van der Waals surface area contributed by atoms with Crippen molar-refractivity contribution in [2.75, 3.05) is 0 Å². The molecule has 0 saturated carbocycles. The zero-order valence-corrected chi connectivity index (χ0v) is 11.5. The third-order valence-corrected chi connectivity index (χ3v) is 2.45. The molecule has 5 nitrogen and oxygen atoms in total. The van der Waals surface area contributed by atoms with Gasteiger partial charge in [-0.3, -0.25) is 0 Å². The first-order valence-corrected chi connectivity index (χ1v) is 5.84. The fourth-order valence-corrected chi connectivity index (χ4v) is 1.76. The summed E-state index contributed by atoms with van der Waals surface area (Å²) in [5.41, 5.74) is 2.00. The molecule has 0 fully saturated rings. The Hall–Kier alpha value is -1.78. The molecule has 0 saturated heterocycles. The van der Waals surface area contributed by atoms with E-state index in [-0.39, 0.29) is 0 Å². The highest BCUT2D eigenvalue weighted by Gasteiger charge is 2.22. The van der Waals surface area contributed by atoms with Crippen LogP contribution in [0.4, 0.5) is 4.79 Å². The SMILES string of the molecule is Cc1c[nH]c(C)c1C(C=O)NC(=O)OC(C)(C)C. The molecule has 0 aliphatic rings. The van der Waals surface area contributed by atoms with Gasteiger partial charge < -0.3 is 19.8 Å². The van der Waals surface area contributed by atoms with Gasteiger partial charge in [-0.15, -0.1) is 0 Å². The van der Waals surface area contributed by atoms with Gasteiger partial charge in [0.15, 0.2) is 0 Å². The van der Waals surface area contributed by atoms with Crippen molar-refractivity contribution < 1.29 is 14.3 Å². The molecule has 0 bridgehead atoms. The lowest BCUT2D eigenvalue weighted by Gasteiger charge is -2.21. The summed E-state index contributed by atoms with van der Waals surface area (Å²) >= 11 is 0. The minimum Gasteiger partial charge on any atom is -0.444 e. The smallest absolute Gasteiger partial charge is 0.408 e. The van der Waals surface area contributed by atoms with E-state index in [9.17, 15) is 9.59 Å². The average molecular weight is 252 g/mol. The van der Waals surface area contributed by atoms with Crippen molar-refractivity contribution in [3.8, 4) is 0 Å². The molecule has 1 rings (SSSR count). The number of amides is 1. The van der Waals surface area contributed by atoms with E-state index >= 15 is 0 Å². The molecule has 0 aromatic carbocycles. The van der Waals surface area contributed by atoms with Crippen molar-refractivity contribution in [3.63, 3.8) is 0 Å². The van der Waals surface area contributed by atoms with Crippen LogP contribution in [0.25, 0.3) is 0 Å². The lowest BCUT2D eigenvalue weighted by molar-refractivity contribution is -0.109. The van der Waals surface area contributed by atoms with Gasteiger partial charge in [0.25, 0.3) is 0 Å². The standard InChI is InChI=1S/C13H20N2O3/c1-8-6-14-9(2)11(8)10(7-16)15-12(17)18-13(3,4)5/h6-7,10,14H,1-5H3,(H,15,17). The van der Waals surface area contributed by atoms with Crippen molar-refractivity contribution in [1.82, 2.24) is 10.3 Å². The van der Waals surface area contributed by atoms with Crippen LogP contribution in [0, 0.1) is 13.8 Å². The Labute approximate surface area is 107 Å². The Balaban J connectivity index is 2.81. The molecule has 2 N–H and O–H groups in total. The molecule has 1 heterocycles. The number of H-pyrrole nitrogens is 1. The maximum Gasteiger partial charge on any atom is 0.408 e. The largest absolute Gasteiger partial charge is 0.444 e. The van der Waals surface area contributed by atoms with Crippen molar-refractivity contribution in [3.05, 3.63) is 23.0 Å². The van der Waals surface area contributed by atoms with Crippen molar-refractivity contribution in [1.29, 1.82) is 0 Å². The van der Waals surface area contributed by atoms with E-state index in [2.05, 4.69) is 10.3 Å². The fourth-order valence-electron chi connectivity index (χ4n) is 1.76. The number of aldehydes is 1. The highest BCUT2D eigenvalue weighted by Crippen LogP contribution is 2.20. The second-order valence-corrected chi connectivity index (χ2v) is 5.27. The molecular formula is C13H20N2O3. The van der Waals surface area contributed by atoms with Crippen LogP contribution in [0.2, 0.25) is 0 Å². The molecule has 1 unspecified atom stereocenters. The van der Waals surface area contributed by atoms with Gasteiger partial charge >= 0.3 is 6.09 Å². The van der Waals surface area contributed by atoms with E-state index < -0.39 is 17.7 Å². The maximum absolute atomic E-state index is 11.6. The number of ether oxygens (including phenoxy) is 1. The molecule has 1 atom stereocenters. The molecule has 0 spiro atoms. The minimum absolute atomic E-state index is 0.584. The summed E-state index contributed by atoms with van der Waals surface area (Å²) in [4.78, 5) is 25.8. The summed E-state index contributed by atoms with van der Waals surface area (Å²) in [6.45, 7) is 9.06. The predicted octanol–water partition coefficient (Wildman–Crippen LogP) is 2.40. The number of aromatic amines is 1. The molecular weight excluding hydrogens is 232 g/mol. The number of hydrogen-bond donors (Lipinski definition) is 2. The molecule has 1 aromatic rings. The van der Waals surface area contributed by atoms with Crippen LogP contribution in [0.1, 0.15) is 43.6 Å². The van der Waals surface area contributed by atoms with Crippen molar-refractivity contribution in [2.45, 2.75) is 46.3 Å². The summed E-state index contributed by atoms with van der Waals surface area (Å²) in [5.74, 6) is 0. The van der Waals surface area contributed by atoms with Gasteiger partial charge in [-0.2, -0.15) is 0 Å². The highest BCUT2D eigenvalue weighted by molar-refractivity contribution is 5.75. The van der Waals surface area contributed by atoms with Gasteiger partial charge in [-0.1, -0.05) is 0 Å². The first-order valence-electron chi connectivity index (χ1n) is 5.84. The summed E-state index contributed by atoms with van der Waals surface area (Å²) < 4.78 is 5.13. The molecule has 0 radical (unpaired) electrons. The van der Waals surface area contributed by atoms with Crippen LogP contribution in [-0.2, 0) is 9.53 Å². The van der Waals surface area contributed by atoms with E-state index in [4.69, 9.17) is 4.74 Å². The Bertz CT molecular complexity index is 424. The number of aromatic nitrogens is 1. The number of hydrogen-bond acceptors (Lipinski definition) is 3. The average Bonchev–Trinajstić information content (AvgIpc) is 2.53. The van der Waals surface area contributed by atoms with Crippen LogP contribution in [0.5, 0.6) is 0 Å². The third kappa shape index (κ3) is 3.61.